The van der Waals surface area contributed by atoms with Crippen molar-refractivity contribution in [1.82, 2.24) is 0 Å². The van der Waals surface area contributed by atoms with Gasteiger partial charge in [-0.3, -0.25) is 0 Å². The summed E-state index contributed by atoms with van der Waals surface area (Å²) in [6.07, 6.45) is 0. The largest absolute Gasteiger partial charge is 0.455 e. The van der Waals surface area contributed by atoms with E-state index in [1.54, 1.807) is 0 Å². The molecule has 12 rings (SSSR count). The molecule has 0 saturated carbocycles. The summed E-state index contributed by atoms with van der Waals surface area (Å²) in [5.74, 6) is 1.62. The Hall–Kier alpha value is -8.34. The summed E-state index contributed by atoms with van der Waals surface area (Å²) < 4.78 is 13.7. The highest BCUT2D eigenvalue weighted by Crippen LogP contribution is 2.56. The lowest BCUT2D eigenvalue weighted by Crippen LogP contribution is -2.14. The highest BCUT2D eigenvalue weighted by molar-refractivity contribution is 6.12. The molecule has 1 aliphatic rings. The van der Waals surface area contributed by atoms with Crippen molar-refractivity contribution in [3.63, 3.8) is 0 Å². The second kappa shape index (κ2) is 14.7. The third-order valence-corrected chi connectivity index (χ3v) is 12.0. The van der Waals surface area contributed by atoms with Crippen LogP contribution in [0.2, 0.25) is 0 Å². The Morgan fingerprint density at radius 2 is 0.887 bits per heavy atom. The number of para-hydroxylation sites is 4. The van der Waals surface area contributed by atoms with Gasteiger partial charge in [0, 0.05) is 50.0 Å². The van der Waals surface area contributed by atoms with Gasteiger partial charge in [-0.05, 0) is 100 Å². The SMILES string of the molecule is c1ccc(-c2ccc(N(c3ccc(-c4cccc5c4oc4ccccc45)cc3)c3ccc4cccc5c4c3Oc3cccc(N(c4ccccc4)c4ccccc4)c3-5)cc2)cc1. The van der Waals surface area contributed by atoms with Gasteiger partial charge in [-0.2, -0.15) is 0 Å². The third kappa shape index (κ3) is 5.92. The highest BCUT2D eigenvalue weighted by Gasteiger charge is 2.30. The summed E-state index contributed by atoms with van der Waals surface area (Å²) in [4.78, 5) is 4.64. The first-order valence-corrected chi connectivity index (χ1v) is 21.0. The summed E-state index contributed by atoms with van der Waals surface area (Å²) in [5.41, 5.74) is 14.6. The predicted molar refractivity (Wildman–Crippen MR) is 257 cm³/mol. The molecule has 4 heteroatoms. The van der Waals surface area contributed by atoms with E-state index in [4.69, 9.17) is 9.15 Å². The monoisotopic (exact) mass is 794 g/mol. The van der Waals surface area contributed by atoms with Gasteiger partial charge in [0.25, 0.3) is 0 Å². The molecule has 0 saturated heterocycles. The van der Waals surface area contributed by atoms with Crippen molar-refractivity contribution >= 4 is 66.8 Å². The van der Waals surface area contributed by atoms with E-state index in [1.807, 2.05) is 12.1 Å². The molecule has 0 N–H and O–H groups in total. The molecular formula is C58H38N2O2. The standard InChI is InChI=1S/C58H38N2O2/c1-4-15-39(16-5-1)40-29-34-45(35-30-40)60(46-36-31-41(32-37-46)47-23-13-24-49-48-22-10-11-27-53(48)61-57(47)49)52-38-33-42-17-12-25-50-55(42)58(52)62-54-28-14-26-51(56(50)54)59(43-18-6-2-7-19-43)44-20-8-3-9-21-44/h1-38H. The van der Waals surface area contributed by atoms with E-state index in [9.17, 15) is 0 Å². The lowest BCUT2D eigenvalue weighted by Gasteiger charge is -2.33. The molecule has 0 radical (unpaired) electrons. The van der Waals surface area contributed by atoms with Crippen LogP contribution in [-0.4, -0.2) is 0 Å². The highest BCUT2D eigenvalue weighted by atomic mass is 16.5. The van der Waals surface area contributed by atoms with Gasteiger partial charge >= 0.3 is 0 Å². The average Bonchev–Trinajstić information content (AvgIpc) is 3.73. The van der Waals surface area contributed by atoms with Crippen LogP contribution in [0.25, 0.3) is 66.1 Å². The van der Waals surface area contributed by atoms with Crippen LogP contribution in [0.5, 0.6) is 11.5 Å². The average molecular weight is 795 g/mol. The van der Waals surface area contributed by atoms with E-state index in [0.29, 0.717) is 0 Å². The summed E-state index contributed by atoms with van der Waals surface area (Å²) in [5, 5.41) is 4.42. The first kappa shape index (κ1) is 35.6. The van der Waals surface area contributed by atoms with Crippen LogP contribution in [0.4, 0.5) is 34.1 Å². The van der Waals surface area contributed by atoms with Crippen LogP contribution in [0.3, 0.4) is 0 Å². The van der Waals surface area contributed by atoms with Crippen molar-refractivity contribution in [3.8, 4) is 44.9 Å². The molecule has 292 valence electrons. The van der Waals surface area contributed by atoms with Gasteiger partial charge in [0.1, 0.15) is 16.9 Å². The quantitative estimate of drug-likeness (QED) is 0.153. The molecule has 0 aliphatic carbocycles. The van der Waals surface area contributed by atoms with Gasteiger partial charge in [0.2, 0.25) is 0 Å². The molecule has 0 bridgehead atoms. The zero-order valence-electron chi connectivity index (χ0n) is 33.7. The smallest absolute Gasteiger partial charge is 0.159 e. The maximum absolute atomic E-state index is 7.25. The molecule has 1 aliphatic heterocycles. The fourth-order valence-corrected chi connectivity index (χ4v) is 9.20. The van der Waals surface area contributed by atoms with E-state index in [-0.39, 0.29) is 0 Å². The zero-order valence-corrected chi connectivity index (χ0v) is 33.7. The fraction of sp³-hybridized carbons (Fsp3) is 0. The molecule has 10 aromatic carbocycles. The number of benzene rings is 10. The molecule has 62 heavy (non-hydrogen) atoms. The molecule has 1 aromatic heterocycles. The van der Waals surface area contributed by atoms with Gasteiger partial charge in [-0.25, -0.2) is 0 Å². The maximum atomic E-state index is 7.25. The van der Waals surface area contributed by atoms with Crippen LogP contribution >= 0.6 is 0 Å². The molecule has 0 unspecified atom stereocenters. The van der Waals surface area contributed by atoms with E-state index >= 15 is 0 Å². The molecule has 4 nitrogen and oxygen atoms in total. The molecule has 2 heterocycles. The lowest BCUT2D eigenvalue weighted by atomic mass is 9.92. The minimum Gasteiger partial charge on any atom is -0.455 e. The number of furan rings is 1. The van der Waals surface area contributed by atoms with Crippen LogP contribution < -0.4 is 14.5 Å². The topological polar surface area (TPSA) is 28.9 Å². The predicted octanol–water partition coefficient (Wildman–Crippen LogP) is 16.8. The minimum atomic E-state index is 0.806. The summed E-state index contributed by atoms with van der Waals surface area (Å²) in [6, 6.07) is 81.3. The van der Waals surface area contributed by atoms with E-state index < -0.39 is 0 Å². The Labute approximate surface area is 359 Å². The summed E-state index contributed by atoms with van der Waals surface area (Å²) in [7, 11) is 0. The Kier molecular flexibility index (Phi) is 8.46. The van der Waals surface area contributed by atoms with Crippen molar-refractivity contribution in [1.29, 1.82) is 0 Å². The van der Waals surface area contributed by atoms with Gasteiger partial charge in [0.05, 0.1) is 11.4 Å². The fourth-order valence-electron chi connectivity index (χ4n) is 9.20. The van der Waals surface area contributed by atoms with Gasteiger partial charge in [0.15, 0.2) is 5.75 Å². The molecular weight excluding hydrogens is 757 g/mol. The first-order chi connectivity index (χ1) is 30.8. The maximum Gasteiger partial charge on any atom is 0.159 e. The van der Waals surface area contributed by atoms with Crippen molar-refractivity contribution in [2.75, 3.05) is 9.80 Å². The van der Waals surface area contributed by atoms with Crippen molar-refractivity contribution in [2.45, 2.75) is 0 Å². The van der Waals surface area contributed by atoms with Crippen LogP contribution in [-0.2, 0) is 0 Å². The Morgan fingerprint density at radius 1 is 0.339 bits per heavy atom. The minimum absolute atomic E-state index is 0.806. The normalized spacial score (nSPS) is 11.7. The molecule has 0 atom stereocenters. The van der Waals surface area contributed by atoms with E-state index in [0.717, 1.165) is 106 Å². The lowest BCUT2D eigenvalue weighted by molar-refractivity contribution is 0.488. The van der Waals surface area contributed by atoms with E-state index in [2.05, 4.69) is 228 Å². The number of ether oxygens (including phenoxy) is 1. The zero-order chi connectivity index (χ0) is 41.0. The molecule has 0 fully saturated rings. The summed E-state index contributed by atoms with van der Waals surface area (Å²) in [6.45, 7) is 0. The first-order valence-electron chi connectivity index (χ1n) is 21.0. The molecule has 0 spiro atoms. The third-order valence-electron chi connectivity index (χ3n) is 12.0. The van der Waals surface area contributed by atoms with Gasteiger partial charge in [-0.1, -0.05) is 158 Å². The number of anilines is 6. The van der Waals surface area contributed by atoms with Crippen molar-refractivity contribution in [3.05, 3.63) is 231 Å². The molecule has 0 amide bonds. The number of hydrogen-bond acceptors (Lipinski definition) is 4. The van der Waals surface area contributed by atoms with Crippen molar-refractivity contribution in [2.24, 2.45) is 0 Å². The summed E-state index contributed by atoms with van der Waals surface area (Å²) >= 11 is 0. The Morgan fingerprint density at radius 3 is 1.61 bits per heavy atom. The van der Waals surface area contributed by atoms with Crippen LogP contribution in [0.1, 0.15) is 0 Å². The molecule has 11 aromatic rings. The number of nitrogens with zero attached hydrogens (tertiary/aromatic N) is 2. The van der Waals surface area contributed by atoms with Gasteiger partial charge in [-0.15, -0.1) is 0 Å². The second-order valence-electron chi connectivity index (χ2n) is 15.7. The van der Waals surface area contributed by atoms with Crippen LogP contribution in [0, 0.1) is 0 Å². The van der Waals surface area contributed by atoms with E-state index in [1.165, 1.54) is 5.56 Å². The Balaban J connectivity index is 1.03. The van der Waals surface area contributed by atoms with Crippen molar-refractivity contribution < 1.29 is 9.15 Å². The van der Waals surface area contributed by atoms with Crippen LogP contribution in [0.15, 0.2) is 235 Å². The number of hydrogen-bond donors (Lipinski definition) is 0. The Bertz CT molecular complexity index is 3380. The van der Waals surface area contributed by atoms with Gasteiger partial charge < -0.3 is 19.0 Å². The number of fused-ring (bicyclic) bond motifs is 5. The number of rotatable bonds is 8. The second-order valence-corrected chi connectivity index (χ2v) is 15.7.